The molecular weight excluding hydrogens is 244 g/mol. The molecule has 1 atom stereocenters. The lowest BCUT2D eigenvalue weighted by Crippen LogP contribution is -2.40. The summed E-state index contributed by atoms with van der Waals surface area (Å²) >= 11 is 0. The van der Waals surface area contributed by atoms with E-state index in [0.717, 1.165) is 12.5 Å². The largest absolute Gasteiger partial charge is 0.313 e. The highest BCUT2D eigenvalue weighted by Crippen LogP contribution is 2.41. The normalized spacial score (nSPS) is 22.9. The number of hydrogen-bond acceptors (Lipinski definition) is 2. The van der Waals surface area contributed by atoms with Crippen LogP contribution in [0, 0.1) is 0 Å². The molecule has 3 rings (SSSR count). The second-order valence-electron chi connectivity index (χ2n) is 6.79. The first kappa shape index (κ1) is 14.1. The average molecular weight is 272 g/mol. The molecule has 1 N–H and O–H groups in total. The minimum absolute atomic E-state index is 0.615. The fraction of sp³-hybridized carbons (Fsp3) is 0.667. The van der Waals surface area contributed by atoms with Crippen LogP contribution in [0.25, 0.3) is 0 Å². The Labute approximate surface area is 123 Å². The fourth-order valence-corrected chi connectivity index (χ4v) is 3.34. The number of rotatable bonds is 6. The molecule has 1 saturated heterocycles. The van der Waals surface area contributed by atoms with Crippen molar-refractivity contribution in [1.82, 2.24) is 10.2 Å². The monoisotopic (exact) mass is 272 g/mol. The molecule has 1 saturated carbocycles. The van der Waals surface area contributed by atoms with E-state index in [-0.39, 0.29) is 0 Å². The van der Waals surface area contributed by atoms with Gasteiger partial charge in [0.2, 0.25) is 0 Å². The first-order valence-corrected chi connectivity index (χ1v) is 8.29. The van der Waals surface area contributed by atoms with Crippen molar-refractivity contribution < 1.29 is 0 Å². The molecule has 2 nitrogen and oxygen atoms in total. The maximum absolute atomic E-state index is 3.64. The molecule has 1 aliphatic heterocycles. The van der Waals surface area contributed by atoms with Crippen LogP contribution in [0.2, 0.25) is 0 Å². The molecule has 0 radical (unpaired) electrons. The van der Waals surface area contributed by atoms with Crippen LogP contribution in [0.5, 0.6) is 0 Å². The van der Waals surface area contributed by atoms with E-state index >= 15 is 0 Å². The third kappa shape index (κ3) is 3.42. The van der Waals surface area contributed by atoms with Crippen LogP contribution in [0.15, 0.2) is 24.3 Å². The van der Waals surface area contributed by atoms with Crippen LogP contribution in [0.4, 0.5) is 0 Å². The van der Waals surface area contributed by atoms with Crippen molar-refractivity contribution in [2.24, 2.45) is 0 Å². The molecule has 1 aromatic carbocycles. The van der Waals surface area contributed by atoms with E-state index in [1.165, 1.54) is 38.8 Å². The highest BCUT2D eigenvalue weighted by Gasteiger charge is 2.27. The van der Waals surface area contributed by atoms with Crippen LogP contribution in [0.3, 0.4) is 0 Å². The van der Waals surface area contributed by atoms with Gasteiger partial charge in [0.15, 0.2) is 0 Å². The van der Waals surface area contributed by atoms with Crippen LogP contribution >= 0.6 is 0 Å². The summed E-state index contributed by atoms with van der Waals surface area (Å²) in [6.07, 6.45) is 5.47. The second-order valence-corrected chi connectivity index (χ2v) is 6.79. The Morgan fingerprint density at radius 1 is 1.20 bits per heavy atom. The molecule has 2 heteroatoms. The van der Waals surface area contributed by atoms with Crippen LogP contribution in [-0.4, -0.2) is 30.1 Å². The Balaban J connectivity index is 1.69. The van der Waals surface area contributed by atoms with Crippen LogP contribution in [0.1, 0.15) is 56.6 Å². The zero-order valence-electron chi connectivity index (χ0n) is 12.9. The fourth-order valence-electron chi connectivity index (χ4n) is 3.34. The average Bonchev–Trinajstić information content (AvgIpc) is 3.16. The topological polar surface area (TPSA) is 15.3 Å². The zero-order chi connectivity index (χ0) is 13.9. The lowest BCUT2D eigenvalue weighted by molar-refractivity contribution is 0.193. The van der Waals surface area contributed by atoms with Gasteiger partial charge in [0.1, 0.15) is 0 Å². The van der Waals surface area contributed by atoms with Crippen molar-refractivity contribution in [3.8, 4) is 0 Å². The molecule has 110 valence electrons. The lowest BCUT2D eigenvalue weighted by atomic mass is 10.0. The van der Waals surface area contributed by atoms with Crippen molar-refractivity contribution >= 4 is 0 Å². The highest BCUT2D eigenvalue weighted by atomic mass is 15.2. The smallest absolute Gasteiger partial charge is 0.0239 e. The van der Waals surface area contributed by atoms with Gasteiger partial charge >= 0.3 is 0 Å². The molecule has 1 unspecified atom stereocenters. The Morgan fingerprint density at radius 2 is 2.00 bits per heavy atom. The van der Waals surface area contributed by atoms with Gasteiger partial charge in [-0.2, -0.15) is 0 Å². The maximum Gasteiger partial charge on any atom is 0.0239 e. The van der Waals surface area contributed by atoms with Gasteiger partial charge in [0.05, 0.1) is 0 Å². The van der Waals surface area contributed by atoms with Gasteiger partial charge in [-0.25, -0.2) is 0 Å². The van der Waals surface area contributed by atoms with Crippen LogP contribution < -0.4 is 5.32 Å². The van der Waals surface area contributed by atoms with E-state index in [1.54, 1.807) is 11.1 Å². The summed E-state index contributed by atoms with van der Waals surface area (Å²) < 4.78 is 0. The van der Waals surface area contributed by atoms with Gasteiger partial charge in [0.25, 0.3) is 0 Å². The van der Waals surface area contributed by atoms with Crippen molar-refractivity contribution in [3.63, 3.8) is 0 Å². The summed E-state index contributed by atoms with van der Waals surface area (Å²) in [4.78, 5) is 2.64. The summed E-state index contributed by atoms with van der Waals surface area (Å²) in [6, 6.07) is 10.4. The minimum Gasteiger partial charge on any atom is -0.313 e. The Bertz CT molecular complexity index is 431. The molecule has 2 fully saturated rings. The molecule has 2 aliphatic rings. The summed E-state index contributed by atoms with van der Waals surface area (Å²) in [5, 5.41) is 3.64. The highest BCUT2D eigenvalue weighted by molar-refractivity contribution is 5.33. The van der Waals surface area contributed by atoms with Crippen molar-refractivity contribution in [2.75, 3.05) is 13.1 Å². The standard InChI is InChI=1S/C18H28N2/c1-14(2)20(13-17-7-5-11-19-17)12-16-6-3-4-8-18(16)15-9-10-15/h3-4,6,8,14-15,17,19H,5,7,9-13H2,1-2H3. The molecule has 1 aliphatic carbocycles. The predicted molar refractivity (Wildman–Crippen MR) is 85.0 cm³/mol. The van der Waals surface area contributed by atoms with Gasteiger partial charge in [-0.05, 0) is 63.1 Å². The van der Waals surface area contributed by atoms with Crippen LogP contribution in [-0.2, 0) is 6.54 Å². The summed E-state index contributed by atoms with van der Waals surface area (Å²) in [5.41, 5.74) is 3.17. The number of hydrogen-bond donors (Lipinski definition) is 1. The van der Waals surface area contributed by atoms with Gasteiger partial charge in [-0.1, -0.05) is 24.3 Å². The summed E-state index contributed by atoms with van der Waals surface area (Å²) in [7, 11) is 0. The van der Waals surface area contributed by atoms with Gasteiger partial charge < -0.3 is 5.32 Å². The van der Waals surface area contributed by atoms with E-state index in [0.29, 0.717) is 12.1 Å². The first-order chi connectivity index (χ1) is 9.74. The lowest BCUT2D eigenvalue weighted by Gasteiger charge is -2.30. The summed E-state index contributed by atoms with van der Waals surface area (Å²) in [6.45, 7) is 8.16. The molecule has 0 bridgehead atoms. The predicted octanol–water partition coefficient (Wildman–Crippen LogP) is 3.53. The quantitative estimate of drug-likeness (QED) is 0.852. The number of nitrogens with zero attached hydrogens (tertiary/aromatic N) is 1. The Hall–Kier alpha value is -0.860. The molecule has 0 amide bonds. The zero-order valence-corrected chi connectivity index (χ0v) is 12.9. The van der Waals surface area contributed by atoms with E-state index in [9.17, 15) is 0 Å². The van der Waals surface area contributed by atoms with E-state index < -0.39 is 0 Å². The SMILES string of the molecule is CC(C)N(Cc1ccccc1C1CC1)CC1CCCN1. The third-order valence-electron chi connectivity index (χ3n) is 4.79. The second kappa shape index (κ2) is 6.28. The van der Waals surface area contributed by atoms with Crippen molar-refractivity contribution in [3.05, 3.63) is 35.4 Å². The Kier molecular flexibility index (Phi) is 4.42. The molecule has 0 aromatic heterocycles. The molecule has 1 heterocycles. The minimum atomic E-state index is 0.615. The van der Waals surface area contributed by atoms with Gasteiger partial charge in [-0.3, -0.25) is 4.90 Å². The first-order valence-electron chi connectivity index (χ1n) is 8.29. The van der Waals surface area contributed by atoms with E-state index in [4.69, 9.17) is 0 Å². The number of benzene rings is 1. The van der Waals surface area contributed by atoms with Gasteiger partial charge in [0, 0.05) is 25.2 Å². The molecule has 1 aromatic rings. The summed E-state index contributed by atoms with van der Waals surface area (Å²) in [5.74, 6) is 0.852. The van der Waals surface area contributed by atoms with Crippen molar-refractivity contribution in [1.29, 1.82) is 0 Å². The Morgan fingerprint density at radius 3 is 2.65 bits per heavy atom. The molecule has 20 heavy (non-hydrogen) atoms. The number of nitrogens with one attached hydrogen (secondary N) is 1. The molecular formula is C18H28N2. The molecule has 0 spiro atoms. The van der Waals surface area contributed by atoms with Gasteiger partial charge in [-0.15, -0.1) is 0 Å². The van der Waals surface area contributed by atoms with Crippen molar-refractivity contribution in [2.45, 2.75) is 64.1 Å². The third-order valence-corrected chi connectivity index (χ3v) is 4.79. The van der Waals surface area contributed by atoms with E-state index in [2.05, 4.69) is 48.3 Å². The van der Waals surface area contributed by atoms with E-state index in [1.807, 2.05) is 0 Å². The maximum atomic E-state index is 3.64.